The highest BCUT2D eigenvalue weighted by Crippen LogP contribution is 2.32. The summed E-state index contributed by atoms with van der Waals surface area (Å²) in [5.41, 5.74) is 2.06. The van der Waals surface area contributed by atoms with Crippen LogP contribution in [0.4, 0.5) is 5.69 Å². The van der Waals surface area contributed by atoms with Gasteiger partial charge in [0.2, 0.25) is 5.91 Å². The van der Waals surface area contributed by atoms with Crippen LogP contribution in [0.15, 0.2) is 24.3 Å². The van der Waals surface area contributed by atoms with E-state index in [1.165, 1.54) is 0 Å². The van der Waals surface area contributed by atoms with Crippen molar-refractivity contribution in [3.8, 4) is 0 Å². The lowest BCUT2D eigenvalue weighted by atomic mass is 9.90. The molecule has 108 valence electrons. The molecule has 0 aliphatic carbocycles. The van der Waals surface area contributed by atoms with E-state index in [1.807, 2.05) is 24.3 Å². The van der Waals surface area contributed by atoms with Crippen molar-refractivity contribution >= 4 is 17.6 Å². The van der Waals surface area contributed by atoms with E-state index >= 15 is 0 Å². The number of anilines is 1. The van der Waals surface area contributed by atoms with Gasteiger partial charge in [-0.15, -0.1) is 0 Å². The zero-order valence-corrected chi connectivity index (χ0v) is 11.6. The van der Waals surface area contributed by atoms with Crippen LogP contribution in [-0.2, 0) is 9.59 Å². The summed E-state index contributed by atoms with van der Waals surface area (Å²) in [5.74, 6) is -0.871. The van der Waals surface area contributed by atoms with E-state index in [4.69, 9.17) is 5.11 Å². The Labute approximate surface area is 118 Å². The van der Waals surface area contributed by atoms with Crippen LogP contribution in [0.5, 0.6) is 0 Å². The van der Waals surface area contributed by atoms with Gasteiger partial charge in [0.1, 0.15) is 0 Å². The van der Waals surface area contributed by atoms with Crippen molar-refractivity contribution < 1.29 is 14.7 Å². The molecule has 0 saturated heterocycles. The van der Waals surface area contributed by atoms with Gasteiger partial charge in [-0.1, -0.05) is 18.2 Å². The van der Waals surface area contributed by atoms with Crippen LogP contribution < -0.4 is 5.32 Å². The van der Waals surface area contributed by atoms with Gasteiger partial charge in [0, 0.05) is 32.2 Å². The van der Waals surface area contributed by atoms with E-state index in [1.54, 1.807) is 11.9 Å². The Morgan fingerprint density at radius 1 is 1.40 bits per heavy atom. The van der Waals surface area contributed by atoms with E-state index in [2.05, 4.69) is 5.32 Å². The van der Waals surface area contributed by atoms with Crippen LogP contribution in [0.1, 0.15) is 30.7 Å². The third-order valence-electron chi connectivity index (χ3n) is 3.64. The predicted octanol–water partition coefficient (Wildman–Crippen LogP) is 1.91. The molecule has 1 atom stereocenters. The number of carbonyl (C=O) groups excluding carboxylic acids is 1. The number of nitrogens with zero attached hydrogens (tertiary/aromatic N) is 1. The summed E-state index contributed by atoms with van der Waals surface area (Å²) >= 11 is 0. The van der Waals surface area contributed by atoms with Gasteiger partial charge in [-0.05, 0) is 24.5 Å². The molecule has 1 aliphatic rings. The minimum Gasteiger partial charge on any atom is -0.481 e. The molecule has 1 aliphatic heterocycles. The Bertz CT molecular complexity index is 502. The van der Waals surface area contributed by atoms with Crippen molar-refractivity contribution in [2.45, 2.75) is 25.2 Å². The first-order valence-electron chi connectivity index (χ1n) is 6.89. The lowest BCUT2D eigenvalue weighted by Crippen LogP contribution is -2.35. The van der Waals surface area contributed by atoms with Gasteiger partial charge in [-0.25, -0.2) is 0 Å². The summed E-state index contributed by atoms with van der Waals surface area (Å²) < 4.78 is 0. The Kier molecular flexibility index (Phi) is 4.61. The smallest absolute Gasteiger partial charge is 0.303 e. The summed E-state index contributed by atoms with van der Waals surface area (Å²) in [5, 5.41) is 11.9. The molecule has 0 radical (unpaired) electrons. The number of hydrogen-bond donors (Lipinski definition) is 2. The van der Waals surface area contributed by atoms with Crippen molar-refractivity contribution in [2.24, 2.45) is 0 Å². The van der Waals surface area contributed by atoms with Crippen LogP contribution in [0.2, 0.25) is 0 Å². The molecule has 1 aromatic rings. The van der Waals surface area contributed by atoms with Crippen molar-refractivity contribution in [3.63, 3.8) is 0 Å². The number of fused-ring (bicyclic) bond motifs is 1. The van der Waals surface area contributed by atoms with Crippen LogP contribution in [0, 0.1) is 0 Å². The van der Waals surface area contributed by atoms with Crippen LogP contribution >= 0.6 is 0 Å². The monoisotopic (exact) mass is 276 g/mol. The zero-order chi connectivity index (χ0) is 14.5. The normalized spacial score (nSPS) is 16.9. The second-order valence-electron chi connectivity index (χ2n) is 5.11. The average molecular weight is 276 g/mol. The predicted molar refractivity (Wildman–Crippen MR) is 76.8 cm³/mol. The Balaban J connectivity index is 2.01. The number of amides is 1. The summed E-state index contributed by atoms with van der Waals surface area (Å²) in [6.45, 7) is 1.27. The fourth-order valence-corrected chi connectivity index (χ4v) is 2.57. The summed E-state index contributed by atoms with van der Waals surface area (Å²) in [7, 11) is 1.74. The molecule has 2 N–H and O–H groups in total. The number of nitrogens with one attached hydrogen (secondary N) is 1. The maximum Gasteiger partial charge on any atom is 0.303 e. The maximum atomic E-state index is 12.5. The van der Waals surface area contributed by atoms with Gasteiger partial charge in [0.05, 0.1) is 5.92 Å². The molecular formula is C15H20N2O3. The topological polar surface area (TPSA) is 69.6 Å². The van der Waals surface area contributed by atoms with Crippen LogP contribution in [-0.4, -0.2) is 42.0 Å². The number of carboxylic acid groups (broad SMARTS) is 1. The molecule has 0 bridgehead atoms. The molecule has 1 aromatic carbocycles. The molecular weight excluding hydrogens is 256 g/mol. The number of likely N-dealkylation sites (N-methyl/N-ethyl adjacent to an activating group) is 1. The van der Waals surface area contributed by atoms with Gasteiger partial charge in [-0.2, -0.15) is 0 Å². The number of rotatable bonds is 5. The van der Waals surface area contributed by atoms with Crippen molar-refractivity contribution in [3.05, 3.63) is 29.8 Å². The highest BCUT2D eigenvalue weighted by atomic mass is 16.4. The third-order valence-corrected chi connectivity index (χ3v) is 3.64. The highest BCUT2D eigenvalue weighted by molar-refractivity contribution is 5.86. The lowest BCUT2D eigenvalue weighted by molar-refractivity contribution is -0.138. The number of carboxylic acids is 1. The highest BCUT2D eigenvalue weighted by Gasteiger charge is 2.28. The zero-order valence-electron chi connectivity index (χ0n) is 11.6. The van der Waals surface area contributed by atoms with Gasteiger partial charge < -0.3 is 15.3 Å². The molecule has 2 rings (SSSR count). The van der Waals surface area contributed by atoms with Gasteiger partial charge >= 0.3 is 5.97 Å². The number of aliphatic carboxylic acids is 1. The summed E-state index contributed by atoms with van der Waals surface area (Å²) in [4.78, 5) is 24.6. The van der Waals surface area contributed by atoms with E-state index in [0.29, 0.717) is 13.0 Å². The molecule has 5 heteroatoms. The summed E-state index contributed by atoms with van der Waals surface area (Å²) in [6, 6.07) is 7.86. The SMILES string of the molecule is CN(CCCC(=O)O)C(=O)C1CCNc2ccccc21. The average Bonchev–Trinajstić information content (AvgIpc) is 2.45. The number of carbonyl (C=O) groups is 2. The van der Waals surface area contributed by atoms with E-state index in [9.17, 15) is 9.59 Å². The minimum absolute atomic E-state index is 0.0735. The molecule has 0 fully saturated rings. The van der Waals surface area contributed by atoms with E-state index in [0.717, 1.165) is 24.2 Å². The first-order valence-corrected chi connectivity index (χ1v) is 6.89. The van der Waals surface area contributed by atoms with Crippen LogP contribution in [0.3, 0.4) is 0 Å². The van der Waals surface area contributed by atoms with Crippen molar-refractivity contribution in [1.29, 1.82) is 0 Å². The number of hydrogen-bond acceptors (Lipinski definition) is 3. The van der Waals surface area contributed by atoms with Gasteiger partial charge in [0.25, 0.3) is 0 Å². The molecule has 20 heavy (non-hydrogen) atoms. The third kappa shape index (κ3) is 3.29. The quantitative estimate of drug-likeness (QED) is 0.862. The van der Waals surface area contributed by atoms with Crippen LogP contribution in [0.25, 0.3) is 0 Å². The molecule has 0 aromatic heterocycles. The molecule has 1 amide bonds. The Hall–Kier alpha value is -2.04. The molecule has 1 heterocycles. The Morgan fingerprint density at radius 3 is 2.90 bits per heavy atom. The second kappa shape index (κ2) is 6.41. The molecule has 5 nitrogen and oxygen atoms in total. The van der Waals surface area contributed by atoms with Crippen molar-refractivity contribution in [2.75, 3.05) is 25.5 Å². The fraction of sp³-hybridized carbons (Fsp3) is 0.467. The molecule has 1 unspecified atom stereocenters. The molecule has 0 spiro atoms. The van der Waals surface area contributed by atoms with Gasteiger partial charge in [-0.3, -0.25) is 9.59 Å². The van der Waals surface area contributed by atoms with E-state index in [-0.39, 0.29) is 18.2 Å². The van der Waals surface area contributed by atoms with Gasteiger partial charge in [0.15, 0.2) is 0 Å². The first kappa shape index (κ1) is 14.4. The lowest BCUT2D eigenvalue weighted by Gasteiger charge is -2.29. The Morgan fingerprint density at radius 2 is 2.15 bits per heavy atom. The fourth-order valence-electron chi connectivity index (χ4n) is 2.57. The maximum absolute atomic E-state index is 12.5. The number of benzene rings is 1. The summed E-state index contributed by atoms with van der Waals surface area (Å²) in [6.07, 6.45) is 1.36. The number of para-hydroxylation sites is 1. The second-order valence-corrected chi connectivity index (χ2v) is 5.11. The first-order chi connectivity index (χ1) is 9.59. The van der Waals surface area contributed by atoms with Crippen molar-refractivity contribution in [1.82, 2.24) is 4.90 Å². The molecule has 0 saturated carbocycles. The van der Waals surface area contributed by atoms with E-state index < -0.39 is 5.97 Å². The largest absolute Gasteiger partial charge is 0.481 e. The standard InChI is InChI=1S/C15H20N2O3/c1-17(10-4-7-14(18)19)15(20)12-8-9-16-13-6-3-2-5-11(12)13/h2-3,5-6,12,16H,4,7-10H2,1H3,(H,18,19). The minimum atomic E-state index is -0.821.